The second-order valence-corrected chi connectivity index (χ2v) is 9.37. The van der Waals surface area contributed by atoms with E-state index in [1.54, 1.807) is 20.8 Å². The van der Waals surface area contributed by atoms with E-state index in [0.717, 1.165) is 24.2 Å². The van der Waals surface area contributed by atoms with Crippen molar-refractivity contribution in [3.8, 4) is 11.3 Å². The van der Waals surface area contributed by atoms with Crippen molar-refractivity contribution in [2.45, 2.75) is 26.4 Å². The van der Waals surface area contributed by atoms with Crippen LogP contribution >= 0.6 is 23.2 Å². The fourth-order valence-electron chi connectivity index (χ4n) is 2.57. The lowest BCUT2D eigenvalue weighted by molar-refractivity contribution is 0.0635. The molecular formula is C26H25Cl2F3N6O2. The predicted octanol–water partition coefficient (Wildman–Crippen LogP) is 7.15. The van der Waals surface area contributed by atoms with Crippen LogP contribution in [0.1, 0.15) is 20.8 Å². The van der Waals surface area contributed by atoms with Crippen molar-refractivity contribution in [3.63, 3.8) is 0 Å². The quantitative estimate of drug-likeness (QED) is 0.215. The third-order valence-electron chi connectivity index (χ3n) is 4.26. The Kier molecular flexibility index (Phi) is 11.3. The zero-order valence-corrected chi connectivity index (χ0v) is 22.6. The number of hydrogen-bond acceptors (Lipinski definition) is 7. The molecule has 0 aliphatic carbocycles. The molecule has 3 heterocycles. The predicted molar refractivity (Wildman–Crippen MR) is 147 cm³/mol. The molecule has 1 aromatic carbocycles. The third-order valence-corrected chi connectivity index (χ3v) is 4.68. The number of carbonyl (C=O) groups is 1. The number of nitrogens with zero attached hydrogens (tertiary/aromatic N) is 3. The number of nitrogens with two attached hydrogens (primary N) is 2. The number of halogens is 5. The summed E-state index contributed by atoms with van der Waals surface area (Å²) in [4.78, 5) is 22.3. The van der Waals surface area contributed by atoms with Crippen LogP contribution in [0, 0.1) is 17.5 Å². The van der Waals surface area contributed by atoms with E-state index >= 15 is 0 Å². The first-order valence-corrected chi connectivity index (χ1v) is 11.8. The standard InChI is InChI=1S/C11H9FN2.C10H12ClFN2O2.C5H4ClFN2/c12-9-7-14-11(6-10(9)13)8-4-2-1-3-5-8;1-10(2,3)16-9(15)14-7-4-8(11)13-5-6(7)12;6-5-1-4(8)3(7)2-9-5/h1-7H,(H2,13,14);4-5H,1-3H3,(H,13,14,15);1-2H,(H2,8,9). The second kappa shape index (κ2) is 14.2. The summed E-state index contributed by atoms with van der Waals surface area (Å²) in [5, 5.41) is 2.54. The van der Waals surface area contributed by atoms with Gasteiger partial charge in [-0.15, -0.1) is 0 Å². The molecule has 0 aliphatic rings. The van der Waals surface area contributed by atoms with Crippen LogP contribution in [0.15, 0.2) is 67.1 Å². The van der Waals surface area contributed by atoms with E-state index in [4.69, 9.17) is 39.4 Å². The van der Waals surface area contributed by atoms with E-state index in [1.807, 2.05) is 30.3 Å². The molecule has 4 aromatic rings. The minimum atomic E-state index is -0.742. The van der Waals surface area contributed by atoms with Crippen molar-refractivity contribution in [3.05, 3.63) is 94.9 Å². The minimum absolute atomic E-state index is 0.0231. The molecule has 0 atom stereocenters. The summed E-state index contributed by atoms with van der Waals surface area (Å²) in [5.41, 5.74) is 11.6. The fraction of sp³-hybridized carbons (Fsp3) is 0.154. The van der Waals surface area contributed by atoms with Crippen LogP contribution in [0.2, 0.25) is 10.3 Å². The lowest BCUT2D eigenvalue weighted by Gasteiger charge is -2.19. The van der Waals surface area contributed by atoms with E-state index in [-0.39, 0.29) is 27.4 Å². The zero-order valence-electron chi connectivity index (χ0n) is 21.1. The Balaban J connectivity index is 0.000000213. The van der Waals surface area contributed by atoms with Crippen LogP contribution in [0.4, 0.5) is 35.0 Å². The van der Waals surface area contributed by atoms with E-state index in [1.165, 1.54) is 18.2 Å². The van der Waals surface area contributed by atoms with Gasteiger partial charge < -0.3 is 16.2 Å². The van der Waals surface area contributed by atoms with Gasteiger partial charge in [0.2, 0.25) is 0 Å². The number of amides is 1. The molecule has 0 saturated carbocycles. The SMILES string of the molecule is CC(C)(C)OC(=O)Nc1cc(Cl)ncc1F.Nc1cc(-c2ccccc2)ncc1F.Nc1cc(Cl)ncc1F. The van der Waals surface area contributed by atoms with E-state index < -0.39 is 29.1 Å². The average molecular weight is 581 g/mol. The van der Waals surface area contributed by atoms with Gasteiger partial charge >= 0.3 is 6.09 Å². The molecule has 3 aromatic heterocycles. The molecule has 4 rings (SSSR count). The summed E-state index contributed by atoms with van der Waals surface area (Å²) in [6.45, 7) is 5.13. The molecular weight excluding hydrogens is 556 g/mol. The Labute approximate surface area is 233 Å². The topological polar surface area (TPSA) is 129 Å². The van der Waals surface area contributed by atoms with Crippen molar-refractivity contribution in [1.82, 2.24) is 15.0 Å². The van der Waals surface area contributed by atoms with Gasteiger partial charge in [0.15, 0.2) is 17.5 Å². The van der Waals surface area contributed by atoms with Crippen LogP contribution in [0.5, 0.6) is 0 Å². The summed E-state index contributed by atoms with van der Waals surface area (Å²) < 4.78 is 43.2. The first-order valence-electron chi connectivity index (χ1n) is 11.1. The van der Waals surface area contributed by atoms with Crippen molar-refractivity contribution < 1.29 is 22.7 Å². The Morgan fingerprint density at radius 2 is 1.33 bits per heavy atom. The molecule has 206 valence electrons. The van der Waals surface area contributed by atoms with Crippen LogP contribution in [0.3, 0.4) is 0 Å². The van der Waals surface area contributed by atoms with Gasteiger partial charge in [0, 0.05) is 17.7 Å². The second-order valence-electron chi connectivity index (χ2n) is 8.60. The van der Waals surface area contributed by atoms with Crippen LogP contribution < -0.4 is 16.8 Å². The van der Waals surface area contributed by atoms with Gasteiger partial charge in [-0.05, 0) is 26.8 Å². The number of anilines is 3. The highest BCUT2D eigenvalue weighted by molar-refractivity contribution is 6.29. The highest BCUT2D eigenvalue weighted by atomic mass is 35.5. The normalized spacial score (nSPS) is 10.4. The Morgan fingerprint density at radius 1 is 0.821 bits per heavy atom. The lowest BCUT2D eigenvalue weighted by Crippen LogP contribution is -2.27. The summed E-state index contributed by atoms with van der Waals surface area (Å²) in [5.74, 6) is -1.70. The van der Waals surface area contributed by atoms with E-state index in [0.29, 0.717) is 5.69 Å². The van der Waals surface area contributed by atoms with E-state index in [9.17, 15) is 18.0 Å². The van der Waals surface area contributed by atoms with Gasteiger partial charge in [-0.3, -0.25) is 10.3 Å². The smallest absolute Gasteiger partial charge is 0.412 e. The molecule has 0 aliphatic heterocycles. The number of aromatic nitrogens is 3. The van der Waals surface area contributed by atoms with Gasteiger partial charge in [0.05, 0.1) is 41.3 Å². The number of rotatable bonds is 2. The molecule has 5 N–H and O–H groups in total. The summed E-state index contributed by atoms with van der Waals surface area (Å²) in [7, 11) is 0. The van der Waals surface area contributed by atoms with Gasteiger partial charge in [0.1, 0.15) is 15.9 Å². The van der Waals surface area contributed by atoms with Gasteiger partial charge in [-0.25, -0.2) is 27.9 Å². The van der Waals surface area contributed by atoms with E-state index in [2.05, 4.69) is 20.3 Å². The van der Waals surface area contributed by atoms with Crippen LogP contribution in [0.25, 0.3) is 11.3 Å². The highest BCUT2D eigenvalue weighted by Gasteiger charge is 2.17. The Morgan fingerprint density at radius 3 is 1.85 bits per heavy atom. The largest absolute Gasteiger partial charge is 0.444 e. The van der Waals surface area contributed by atoms with Crippen molar-refractivity contribution in [2.24, 2.45) is 0 Å². The van der Waals surface area contributed by atoms with Gasteiger partial charge in [-0.1, -0.05) is 53.5 Å². The summed E-state index contributed by atoms with van der Waals surface area (Å²) >= 11 is 10.9. The molecule has 0 saturated heterocycles. The molecule has 0 bridgehead atoms. The maximum atomic E-state index is 13.2. The zero-order chi connectivity index (χ0) is 29.2. The van der Waals surface area contributed by atoms with Crippen LogP contribution in [-0.4, -0.2) is 26.6 Å². The molecule has 0 spiro atoms. The highest BCUT2D eigenvalue weighted by Crippen LogP contribution is 2.20. The lowest BCUT2D eigenvalue weighted by atomic mass is 10.1. The third kappa shape index (κ3) is 11.0. The molecule has 0 radical (unpaired) electrons. The summed E-state index contributed by atoms with van der Waals surface area (Å²) in [6.07, 6.45) is 2.30. The van der Waals surface area contributed by atoms with Gasteiger partial charge in [0.25, 0.3) is 0 Å². The monoisotopic (exact) mass is 580 g/mol. The average Bonchev–Trinajstić information content (AvgIpc) is 2.86. The number of pyridine rings is 3. The number of benzene rings is 1. The maximum absolute atomic E-state index is 13.2. The number of nitrogens with one attached hydrogen (secondary N) is 1. The van der Waals surface area contributed by atoms with Crippen molar-refractivity contribution in [1.29, 1.82) is 0 Å². The molecule has 13 heteroatoms. The molecule has 0 fully saturated rings. The number of carbonyl (C=O) groups excluding carboxylic acids is 1. The first kappa shape index (κ1) is 31.1. The maximum Gasteiger partial charge on any atom is 0.412 e. The molecule has 1 amide bonds. The number of hydrogen-bond donors (Lipinski definition) is 3. The number of ether oxygens (including phenoxy) is 1. The molecule has 39 heavy (non-hydrogen) atoms. The fourth-order valence-corrected chi connectivity index (χ4v) is 2.90. The summed E-state index contributed by atoms with van der Waals surface area (Å²) in [6, 6.07) is 13.5. The molecule has 0 unspecified atom stereocenters. The molecule has 8 nitrogen and oxygen atoms in total. The van der Waals surface area contributed by atoms with Crippen molar-refractivity contribution in [2.75, 3.05) is 16.8 Å². The number of nitrogen functional groups attached to an aromatic ring is 2. The van der Waals surface area contributed by atoms with Gasteiger partial charge in [-0.2, -0.15) is 0 Å². The van der Waals surface area contributed by atoms with Crippen molar-refractivity contribution >= 4 is 46.4 Å². The first-order chi connectivity index (χ1) is 18.2. The van der Waals surface area contributed by atoms with Crippen LogP contribution in [-0.2, 0) is 4.74 Å². The Hall–Kier alpha value is -4.09. The minimum Gasteiger partial charge on any atom is -0.444 e. The Bertz CT molecular complexity index is 1410.